The van der Waals surface area contributed by atoms with Gasteiger partial charge in [0, 0.05) is 31.5 Å². The number of morpholine rings is 1. The third-order valence-corrected chi connectivity index (χ3v) is 2.62. The fourth-order valence-electron chi connectivity index (χ4n) is 1.73. The van der Waals surface area contributed by atoms with Gasteiger partial charge < -0.3 is 15.0 Å². The van der Waals surface area contributed by atoms with E-state index in [9.17, 15) is 0 Å². The molecule has 1 unspecified atom stereocenters. The van der Waals surface area contributed by atoms with Crippen molar-refractivity contribution < 1.29 is 4.74 Å². The second-order valence-electron chi connectivity index (χ2n) is 4.16. The molecular weight excluding hydrogens is 204 g/mol. The number of anilines is 1. The van der Waals surface area contributed by atoms with Crippen LogP contribution in [-0.2, 0) is 4.74 Å². The lowest BCUT2D eigenvalue weighted by atomic mass is 10.3. The van der Waals surface area contributed by atoms with Crippen LogP contribution in [0.15, 0.2) is 12.3 Å². The number of aromatic nitrogens is 2. The van der Waals surface area contributed by atoms with Crippen LogP contribution in [-0.4, -0.2) is 54.3 Å². The molecule has 5 nitrogen and oxygen atoms in total. The molecule has 88 valence electrons. The van der Waals surface area contributed by atoms with Gasteiger partial charge in [0.2, 0.25) is 5.95 Å². The van der Waals surface area contributed by atoms with Crippen molar-refractivity contribution in [3.05, 3.63) is 18.0 Å². The first-order chi connectivity index (χ1) is 7.74. The number of hydrogen-bond donors (Lipinski definition) is 1. The molecular formula is C11H18N4O. The van der Waals surface area contributed by atoms with Gasteiger partial charge >= 0.3 is 0 Å². The van der Waals surface area contributed by atoms with Crippen molar-refractivity contribution >= 4 is 5.95 Å². The summed E-state index contributed by atoms with van der Waals surface area (Å²) in [6.07, 6.45) is 1.99. The number of nitrogens with zero attached hydrogens (tertiary/aromatic N) is 3. The summed E-state index contributed by atoms with van der Waals surface area (Å²) in [5, 5.41) is 3.20. The highest BCUT2D eigenvalue weighted by Crippen LogP contribution is 2.04. The highest BCUT2D eigenvalue weighted by atomic mass is 16.5. The standard InChI is InChI=1S/C11H18N4O/c1-9-3-4-12-11(14-9)13-7-10-8-15(2)5-6-16-10/h3-4,10H,5-8H2,1-2H3,(H,12,13,14). The molecule has 1 saturated heterocycles. The average Bonchev–Trinajstić information content (AvgIpc) is 2.27. The van der Waals surface area contributed by atoms with E-state index < -0.39 is 0 Å². The van der Waals surface area contributed by atoms with Gasteiger partial charge in [0.05, 0.1) is 12.7 Å². The molecule has 1 fully saturated rings. The number of ether oxygens (including phenoxy) is 1. The first-order valence-electron chi connectivity index (χ1n) is 5.58. The Morgan fingerprint density at radius 2 is 2.50 bits per heavy atom. The van der Waals surface area contributed by atoms with Crippen LogP contribution in [0.3, 0.4) is 0 Å². The minimum Gasteiger partial charge on any atom is -0.374 e. The summed E-state index contributed by atoms with van der Waals surface area (Å²) in [5.74, 6) is 0.678. The Morgan fingerprint density at radius 3 is 3.25 bits per heavy atom. The van der Waals surface area contributed by atoms with Crippen LogP contribution in [0, 0.1) is 6.92 Å². The van der Waals surface area contributed by atoms with Gasteiger partial charge in [0.15, 0.2) is 0 Å². The van der Waals surface area contributed by atoms with Gasteiger partial charge in [0.1, 0.15) is 0 Å². The smallest absolute Gasteiger partial charge is 0.222 e. The molecule has 0 amide bonds. The van der Waals surface area contributed by atoms with E-state index in [0.717, 1.165) is 31.9 Å². The predicted octanol–water partition coefficient (Wildman–Crippen LogP) is 0.528. The summed E-state index contributed by atoms with van der Waals surface area (Å²) in [6.45, 7) is 5.49. The highest BCUT2D eigenvalue weighted by Gasteiger charge is 2.17. The average molecular weight is 222 g/mol. The summed E-state index contributed by atoms with van der Waals surface area (Å²) in [7, 11) is 2.11. The SMILES string of the molecule is Cc1ccnc(NCC2CN(C)CCO2)n1. The number of hydrogen-bond acceptors (Lipinski definition) is 5. The topological polar surface area (TPSA) is 50.3 Å². The van der Waals surface area contributed by atoms with E-state index in [4.69, 9.17) is 4.74 Å². The summed E-state index contributed by atoms with van der Waals surface area (Å²) >= 11 is 0. The molecule has 1 N–H and O–H groups in total. The lowest BCUT2D eigenvalue weighted by molar-refractivity contribution is -0.0118. The lowest BCUT2D eigenvalue weighted by Crippen LogP contribution is -2.43. The van der Waals surface area contributed by atoms with Crippen molar-refractivity contribution in [3.63, 3.8) is 0 Å². The molecule has 2 rings (SSSR count). The van der Waals surface area contributed by atoms with Gasteiger partial charge in [0.25, 0.3) is 0 Å². The maximum Gasteiger partial charge on any atom is 0.222 e. The zero-order valence-corrected chi connectivity index (χ0v) is 9.81. The fourth-order valence-corrected chi connectivity index (χ4v) is 1.73. The van der Waals surface area contributed by atoms with Gasteiger partial charge in [-0.05, 0) is 20.0 Å². The summed E-state index contributed by atoms with van der Waals surface area (Å²) < 4.78 is 5.64. The molecule has 2 heterocycles. The van der Waals surface area contributed by atoms with Crippen LogP contribution in [0.4, 0.5) is 5.95 Å². The lowest BCUT2D eigenvalue weighted by Gasteiger charge is -2.30. The third kappa shape index (κ3) is 3.15. The largest absolute Gasteiger partial charge is 0.374 e. The van der Waals surface area contributed by atoms with Gasteiger partial charge in [-0.1, -0.05) is 0 Å². The zero-order chi connectivity index (χ0) is 11.4. The van der Waals surface area contributed by atoms with Crippen molar-refractivity contribution in [2.24, 2.45) is 0 Å². The first kappa shape index (κ1) is 11.3. The van der Waals surface area contributed by atoms with Crippen LogP contribution in [0.2, 0.25) is 0 Å². The molecule has 1 aromatic rings. The van der Waals surface area contributed by atoms with Crippen molar-refractivity contribution in [2.45, 2.75) is 13.0 Å². The van der Waals surface area contributed by atoms with Gasteiger partial charge in [-0.15, -0.1) is 0 Å². The molecule has 0 bridgehead atoms. The molecule has 0 aromatic carbocycles. The molecule has 16 heavy (non-hydrogen) atoms. The quantitative estimate of drug-likeness (QED) is 0.808. The summed E-state index contributed by atoms with van der Waals surface area (Å²) in [6, 6.07) is 1.88. The van der Waals surface area contributed by atoms with Crippen LogP contribution in [0.1, 0.15) is 5.69 Å². The van der Waals surface area contributed by atoms with E-state index >= 15 is 0 Å². The van der Waals surface area contributed by atoms with E-state index in [1.807, 2.05) is 13.0 Å². The van der Waals surface area contributed by atoms with Crippen LogP contribution >= 0.6 is 0 Å². The minimum atomic E-state index is 0.225. The fraction of sp³-hybridized carbons (Fsp3) is 0.636. The maximum atomic E-state index is 5.64. The first-order valence-corrected chi connectivity index (χ1v) is 5.58. The van der Waals surface area contributed by atoms with E-state index in [-0.39, 0.29) is 6.10 Å². The zero-order valence-electron chi connectivity index (χ0n) is 9.81. The number of aryl methyl sites for hydroxylation is 1. The van der Waals surface area contributed by atoms with Gasteiger partial charge in [-0.2, -0.15) is 0 Å². The van der Waals surface area contributed by atoms with Crippen LogP contribution in [0.5, 0.6) is 0 Å². The number of nitrogens with one attached hydrogen (secondary N) is 1. The van der Waals surface area contributed by atoms with Crippen molar-refractivity contribution in [3.8, 4) is 0 Å². The Labute approximate surface area is 95.8 Å². The maximum absolute atomic E-state index is 5.64. The van der Waals surface area contributed by atoms with E-state index in [2.05, 4.69) is 27.2 Å². The Kier molecular flexibility index (Phi) is 3.69. The Morgan fingerprint density at radius 1 is 1.62 bits per heavy atom. The molecule has 1 aromatic heterocycles. The number of likely N-dealkylation sites (N-methyl/N-ethyl adjacent to an activating group) is 1. The summed E-state index contributed by atoms with van der Waals surface area (Å²) in [4.78, 5) is 10.7. The molecule has 0 radical (unpaired) electrons. The van der Waals surface area contributed by atoms with Gasteiger partial charge in [-0.3, -0.25) is 0 Å². The van der Waals surface area contributed by atoms with E-state index in [1.54, 1.807) is 6.20 Å². The second-order valence-corrected chi connectivity index (χ2v) is 4.16. The van der Waals surface area contributed by atoms with Crippen molar-refractivity contribution in [1.29, 1.82) is 0 Å². The van der Waals surface area contributed by atoms with Crippen molar-refractivity contribution in [2.75, 3.05) is 38.6 Å². The Balaban J connectivity index is 1.82. The molecule has 0 aliphatic carbocycles. The van der Waals surface area contributed by atoms with Gasteiger partial charge in [-0.25, -0.2) is 9.97 Å². The van der Waals surface area contributed by atoms with Crippen LogP contribution in [0.25, 0.3) is 0 Å². The van der Waals surface area contributed by atoms with Crippen LogP contribution < -0.4 is 5.32 Å². The monoisotopic (exact) mass is 222 g/mol. The predicted molar refractivity (Wildman–Crippen MR) is 62.5 cm³/mol. The Hall–Kier alpha value is -1.20. The number of rotatable bonds is 3. The Bertz CT molecular complexity index is 345. The molecule has 1 aliphatic heterocycles. The minimum absolute atomic E-state index is 0.225. The highest BCUT2D eigenvalue weighted by molar-refractivity contribution is 5.24. The van der Waals surface area contributed by atoms with E-state index in [0.29, 0.717) is 5.95 Å². The summed E-state index contributed by atoms with van der Waals surface area (Å²) in [5.41, 5.74) is 0.971. The third-order valence-electron chi connectivity index (χ3n) is 2.62. The van der Waals surface area contributed by atoms with Crippen molar-refractivity contribution in [1.82, 2.24) is 14.9 Å². The molecule has 1 aliphatic rings. The molecule has 0 spiro atoms. The second kappa shape index (κ2) is 5.23. The molecule has 0 saturated carbocycles. The van der Waals surface area contributed by atoms with E-state index in [1.165, 1.54) is 0 Å². The molecule has 1 atom stereocenters. The normalized spacial score (nSPS) is 22.0. The molecule has 5 heteroatoms.